The highest BCUT2D eigenvalue weighted by molar-refractivity contribution is 5.82. The third-order valence-corrected chi connectivity index (χ3v) is 4.80. The van der Waals surface area contributed by atoms with Crippen LogP contribution in [0.4, 0.5) is 5.69 Å². The Kier molecular flexibility index (Phi) is 3.78. The van der Waals surface area contributed by atoms with Gasteiger partial charge in [0.2, 0.25) is 0 Å². The maximum atomic E-state index is 11.8. The van der Waals surface area contributed by atoms with Gasteiger partial charge in [0, 0.05) is 47.2 Å². The first-order valence-corrected chi connectivity index (χ1v) is 8.24. The van der Waals surface area contributed by atoms with Crippen LogP contribution in [-0.4, -0.2) is 23.6 Å². The average Bonchev–Trinajstić information content (AvgIpc) is 2.65. The van der Waals surface area contributed by atoms with Crippen LogP contribution in [0.3, 0.4) is 0 Å². The van der Waals surface area contributed by atoms with Crippen LogP contribution in [0.5, 0.6) is 23.0 Å². The Labute approximate surface area is 155 Å². The summed E-state index contributed by atoms with van der Waals surface area (Å²) in [6, 6.07) is 14.4. The van der Waals surface area contributed by atoms with Gasteiger partial charge in [0.15, 0.2) is 11.9 Å². The van der Waals surface area contributed by atoms with Gasteiger partial charge in [-0.15, -0.1) is 0 Å². The summed E-state index contributed by atoms with van der Waals surface area (Å²) in [5, 5.41) is 19.8. The minimum absolute atomic E-state index is 0.0234. The zero-order valence-electron chi connectivity index (χ0n) is 14.5. The summed E-state index contributed by atoms with van der Waals surface area (Å²) in [5.41, 5.74) is 7.31. The van der Waals surface area contributed by atoms with E-state index in [1.807, 2.05) is 0 Å². The Morgan fingerprint density at radius 3 is 2.00 bits per heavy atom. The van der Waals surface area contributed by atoms with E-state index in [1.54, 1.807) is 30.3 Å². The van der Waals surface area contributed by atoms with Gasteiger partial charge in [-0.25, -0.2) is 0 Å². The van der Waals surface area contributed by atoms with E-state index >= 15 is 0 Å². The highest BCUT2D eigenvalue weighted by Crippen LogP contribution is 2.54. The van der Waals surface area contributed by atoms with E-state index in [0.717, 1.165) is 6.29 Å². The average molecular weight is 363 g/mol. The predicted molar refractivity (Wildman–Crippen MR) is 99.4 cm³/mol. The molecule has 136 valence electrons. The Bertz CT molecular complexity index is 1010. The number of aldehydes is 1. The van der Waals surface area contributed by atoms with E-state index in [4.69, 9.17) is 15.2 Å². The number of carbonyl (C=O) groups excluding carboxylic acids is 1. The Balaban J connectivity index is 2.13. The Morgan fingerprint density at radius 1 is 0.926 bits per heavy atom. The summed E-state index contributed by atoms with van der Waals surface area (Å²) >= 11 is 0. The van der Waals surface area contributed by atoms with Crippen LogP contribution >= 0.6 is 0 Å². The van der Waals surface area contributed by atoms with Gasteiger partial charge in [0.05, 0.1) is 0 Å². The van der Waals surface area contributed by atoms with E-state index in [-0.39, 0.29) is 11.5 Å². The molecule has 6 heteroatoms. The van der Waals surface area contributed by atoms with Crippen molar-refractivity contribution < 1.29 is 24.5 Å². The molecule has 0 atom stereocenters. The molecule has 0 amide bonds. The molecule has 0 saturated carbocycles. The number of methoxy groups -OCH3 is 1. The topological polar surface area (TPSA) is 102 Å². The molecule has 0 saturated heterocycles. The minimum atomic E-state index is -1.19. The molecule has 1 heterocycles. The number of anilines is 1. The maximum Gasteiger partial charge on any atom is 0.151 e. The van der Waals surface area contributed by atoms with E-state index in [0.29, 0.717) is 39.4 Å². The van der Waals surface area contributed by atoms with Crippen LogP contribution < -0.4 is 10.5 Å². The SMILES string of the molecule is COC1(c2ccc(N)cc2C=O)c2ccc(O)cc2Oc2cc(O)ccc21. The Hall–Kier alpha value is -3.51. The second-order valence-corrected chi connectivity index (χ2v) is 6.31. The largest absolute Gasteiger partial charge is 0.508 e. The van der Waals surface area contributed by atoms with Crippen molar-refractivity contribution in [3.05, 3.63) is 76.9 Å². The third-order valence-electron chi connectivity index (χ3n) is 4.80. The molecule has 3 aromatic carbocycles. The lowest BCUT2D eigenvalue weighted by molar-refractivity contribution is 0.0490. The van der Waals surface area contributed by atoms with Gasteiger partial charge in [0.1, 0.15) is 23.0 Å². The van der Waals surface area contributed by atoms with Crippen molar-refractivity contribution in [3.63, 3.8) is 0 Å². The van der Waals surface area contributed by atoms with Gasteiger partial charge in [-0.1, -0.05) is 6.07 Å². The van der Waals surface area contributed by atoms with E-state index in [9.17, 15) is 15.0 Å². The summed E-state index contributed by atoms with van der Waals surface area (Å²) in [6.45, 7) is 0. The number of ether oxygens (including phenoxy) is 2. The highest BCUT2D eigenvalue weighted by Gasteiger charge is 2.45. The lowest BCUT2D eigenvalue weighted by Gasteiger charge is -2.40. The van der Waals surface area contributed by atoms with Crippen LogP contribution in [-0.2, 0) is 10.3 Å². The molecular formula is C21H17NO5. The number of hydrogen-bond acceptors (Lipinski definition) is 6. The molecule has 4 N–H and O–H groups in total. The van der Waals surface area contributed by atoms with Gasteiger partial charge in [-0.2, -0.15) is 0 Å². The molecule has 1 aliphatic rings. The predicted octanol–water partition coefficient (Wildman–Crippen LogP) is 3.54. The van der Waals surface area contributed by atoms with E-state index in [1.165, 1.54) is 31.4 Å². The molecular weight excluding hydrogens is 346 g/mol. The Morgan fingerprint density at radius 2 is 1.48 bits per heavy atom. The van der Waals surface area contributed by atoms with Gasteiger partial charge >= 0.3 is 0 Å². The summed E-state index contributed by atoms with van der Waals surface area (Å²) in [4.78, 5) is 11.8. The number of nitrogens with two attached hydrogens (primary N) is 1. The first-order valence-electron chi connectivity index (χ1n) is 8.24. The molecule has 0 bridgehead atoms. The number of hydrogen-bond donors (Lipinski definition) is 3. The van der Waals surface area contributed by atoms with Crippen LogP contribution in [0, 0.1) is 0 Å². The quantitative estimate of drug-likeness (QED) is 0.486. The number of fused-ring (bicyclic) bond motifs is 2. The molecule has 0 aliphatic carbocycles. The molecule has 0 spiro atoms. The third kappa shape index (κ3) is 2.42. The van der Waals surface area contributed by atoms with Crippen molar-refractivity contribution in [3.8, 4) is 23.0 Å². The van der Waals surface area contributed by atoms with Gasteiger partial charge in [0.25, 0.3) is 0 Å². The van der Waals surface area contributed by atoms with Crippen LogP contribution in [0.2, 0.25) is 0 Å². The lowest BCUT2D eigenvalue weighted by Crippen LogP contribution is -2.35. The van der Waals surface area contributed by atoms with Crippen LogP contribution in [0.25, 0.3) is 0 Å². The highest BCUT2D eigenvalue weighted by atomic mass is 16.5. The molecule has 0 aromatic heterocycles. The van der Waals surface area contributed by atoms with Crippen LogP contribution in [0.1, 0.15) is 27.0 Å². The van der Waals surface area contributed by atoms with Gasteiger partial charge in [-0.3, -0.25) is 4.79 Å². The van der Waals surface area contributed by atoms with Crippen molar-refractivity contribution in [2.24, 2.45) is 0 Å². The van der Waals surface area contributed by atoms with Crippen molar-refractivity contribution in [1.29, 1.82) is 0 Å². The molecule has 0 fully saturated rings. The summed E-state index contributed by atoms with van der Waals surface area (Å²) in [5.74, 6) is 0.776. The smallest absolute Gasteiger partial charge is 0.151 e. The standard InChI is InChI=1S/C21H17NO5/c1-26-21(16-5-2-13(22)8-12(16)11-23)17-6-3-14(24)9-19(17)27-20-10-15(25)4-7-18(20)21/h2-11,24-25H,22H2,1H3. The number of benzene rings is 3. The second-order valence-electron chi connectivity index (χ2n) is 6.31. The molecule has 0 unspecified atom stereocenters. The number of carbonyl (C=O) groups is 1. The number of aromatic hydroxyl groups is 2. The maximum absolute atomic E-state index is 11.8. The fourth-order valence-electron chi connectivity index (χ4n) is 3.66. The second kappa shape index (κ2) is 6.03. The van der Waals surface area contributed by atoms with Crippen molar-refractivity contribution in [2.75, 3.05) is 12.8 Å². The summed E-state index contributed by atoms with van der Waals surface area (Å²) in [6.07, 6.45) is 0.724. The van der Waals surface area contributed by atoms with E-state index in [2.05, 4.69) is 0 Å². The first-order chi connectivity index (χ1) is 13.0. The summed E-state index contributed by atoms with van der Waals surface area (Å²) in [7, 11) is 1.53. The number of nitrogen functional groups attached to an aromatic ring is 1. The number of phenolic OH excluding ortho intramolecular Hbond substituents is 2. The zero-order valence-corrected chi connectivity index (χ0v) is 14.5. The van der Waals surface area contributed by atoms with Gasteiger partial charge < -0.3 is 25.4 Å². The minimum Gasteiger partial charge on any atom is -0.508 e. The zero-order chi connectivity index (χ0) is 19.2. The lowest BCUT2D eigenvalue weighted by atomic mass is 9.76. The molecule has 6 nitrogen and oxygen atoms in total. The summed E-state index contributed by atoms with van der Waals surface area (Å²) < 4.78 is 11.9. The monoisotopic (exact) mass is 363 g/mol. The van der Waals surface area contributed by atoms with Crippen molar-refractivity contribution in [2.45, 2.75) is 5.60 Å². The fraction of sp³-hybridized carbons (Fsp3) is 0.0952. The number of phenols is 2. The van der Waals surface area contributed by atoms with Crippen molar-refractivity contribution >= 4 is 12.0 Å². The van der Waals surface area contributed by atoms with E-state index < -0.39 is 5.60 Å². The first kappa shape index (κ1) is 16.9. The van der Waals surface area contributed by atoms with Crippen molar-refractivity contribution in [1.82, 2.24) is 0 Å². The van der Waals surface area contributed by atoms with Gasteiger partial charge in [-0.05, 0) is 36.4 Å². The fourth-order valence-corrected chi connectivity index (χ4v) is 3.66. The molecule has 27 heavy (non-hydrogen) atoms. The molecule has 3 aromatic rings. The molecule has 4 rings (SSSR count). The molecule has 0 radical (unpaired) electrons. The normalized spacial score (nSPS) is 14.0. The number of rotatable bonds is 3. The molecule has 1 aliphatic heterocycles. The van der Waals surface area contributed by atoms with Crippen LogP contribution in [0.15, 0.2) is 54.6 Å².